The molecule has 0 radical (unpaired) electrons. The summed E-state index contributed by atoms with van der Waals surface area (Å²) in [4.78, 5) is 2.36. The highest BCUT2D eigenvalue weighted by atomic mass is 16.5. The number of nitrogens with zero attached hydrogens (tertiary/aromatic N) is 1. The van der Waals surface area contributed by atoms with E-state index in [1.54, 1.807) is 0 Å². The minimum Gasteiger partial charge on any atom is -0.392 e. The highest BCUT2D eigenvalue weighted by Crippen LogP contribution is 2.14. The van der Waals surface area contributed by atoms with Gasteiger partial charge >= 0.3 is 0 Å². The van der Waals surface area contributed by atoms with Crippen molar-refractivity contribution in [3.05, 3.63) is 0 Å². The summed E-state index contributed by atoms with van der Waals surface area (Å²) in [6.07, 6.45) is 4.54. The van der Waals surface area contributed by atoms with E-state index in [-0.39, 0.29) is 6.10 Å². The zero-order valence-electron chi connectivity index (χ0n) is 10.1. The first kappa shape index (κ1) is 12.9. The molecular formula is C12H25NO2. The summed E-state index contributed by atoms with van der Waals surface area (Å²) < 4.78 is 5.59. The molecule has 3 nitrogen and oxygen atoms in total. The molecular weight excluding hydrogens is 190 g/mol. The quantitative estimate of drug-likeness (QED) is 0.731. The third-order valence-electron chi connectivity index (χ3n) is 3.03. The Kier molecular flexibility index (Phi) is 6.22. The molecule has 1 atom stereocenters. The largest absolute Gasteiger partial charge is 0.392 e. The van der Waals surface area contributed by atoms with Crippen molar-refractivity contribution in [2.45, 2.75) is 51.7 Å². The van der Waals surface area contributed by atoms with Crippen molar-refractivity contribution in [3.63, 3.8) is 0 Å². The molecule has 1 N–H and O–H groups in total. The van der Waals surface area contributed by atoms with Gasteiger partial charge in [0, 0.05) is 26.2 Å². The fourth-order valence-electron chi connectivity index (χ4n) is 2.22. The summed E-state index contributed by atoms with van der Waals surface area (Å²) in [5.74, 6) is 0. The van der Waals surface area contributed by atoms with E-state index in [4.69, 9.17) is 4.74 Å². The smallest absolute Gasteiger partial charge is 0.0667 e. The van der Waals surface area contributed by atoms with Gasteiger partial charge < -0.3 is 14.7 Å². The van der Waals surface area contributed by atoms with E-state index in [0.717, 1.165) is 51.9 Å². The summed E-state index contributed by atoms with van der Waals surface area (Å²) in [5, 5.41) is 9.70. The molecule has 1 fully saturated rings. The Balaban J connectivity index is 2.14. The Morgan fingerprint density at radius 3 is 2.53 bits per heavy atom. The molecule has 1 aliphatic heterocycles. The predicted octanol–water partition coefficient (Wildman–Crippen LogP) is 1.65. The second-order valence-electron chi connectivity index (χ2n) is 4.40. The normalized spacial score (nSPS) is 21.8. The Morgan fingerprint density at radius 1 is 1.33 bits per heavy atom. The Morgan fingerprint density at radius 2 is 2.00 bits per heavy atom. The lowest BCUT2D eigenvalue weighted by atomic mass is 10.1. The summed E-state index contributed by atoms with van der Waals surface area (Å²) in [5.41, 5.74) is 0. The van der Waals surface area contributed by atoms with Crippen LogP contribution in [0, 0.1) is 0 Å². The zero-order valence-corrected chi connectivity index (χ0v) is 10.1. The van der Waals surface area contributed by atoms with Crippen molar-refractivity contribution >= 4 is 0 Å². The van der Waals surface area contributed by atoms with Crippen molar-refractivity contribution in [2.75, 3.05) is 26.2 Å². The van der Waals surface area contributed by atoms with E-state index in [9.17, 15) is 5.11 Å². The number of aliphatic hydroxyl groups is 1. The van der Waals surface area contributed by atoms with Crippen LogP contribution < -0.4 is 0 Å². The number of piperidine rings is 1. The van der Waals surface area contributed by atoms with Crippen LogP contribution in [0.3, 0.4) is 0 Å². The Hall–Kier alpha value is -0.120. The zero-order chi connectivity index (χ0) is 11.1. The van der Waals surface area contributed by atoms with E-state index in [0.29, 0.717) is 6.10 Å². The van der Waals surface area contributed by atoms with Crippen LogP contribution in [-0.4, -0.2) is 48.5 Å². The van der Waals surface area contributed by atoms with Crippen LogP contribution in [0.2, 0.25) is 0 Å². The molecule has 1 rings (SSSR count). The topological polar surface area (TPSA) is 32.7 Å². The molecule has 0 spiro atoms. The van der Waals surface area contributed by atoms with Crippen LogP contribution in [0.15, 0.2) is 0 Å². The number of rotatable bonds is 6. The van der Waals surface area contributed by atoms with Gasteiger partial charge in [-0.1, -0.05) is 13.3 Å². The molecule has 1 unspecified atom stereocenters. The average Bonchev–Trinajstić information content (AvgIpc) is 2.22. The maximum atomic E-state index is 9.70. The first-order chi connectivity index (χ1) is 7.26. The van der Waals surface area contributed by atoms with Gasteiger partial charge in [0.2, 0.25) is 0 Å². The van der Waals surface area contributed by atoms with Crippen molar-refractivity contribution < 1.29 is 9.84 Å². The molecule has 0 aromatic heterocycles. The van der Waals surface area contributed by atoms with Crippen LogP contribution in [0.4, 0.5) is 0 Å². The number of aliphatic hydroxyl groups excluding tert-OH is 1. The Labute approximate surface area is 93.4 Å². The van der Waals surface area contributed by atoms with Gasteiger partial charge in [-0.3, -0.25) is 0 Å². The van der Waals surface area contributed by atoms with Gasteiger partial charge in [0.1, 0.15) is 0 Å². The number of hydrogen-bond acceptors (Lipinski definition) is 3. The van der Waals surface area contributed by atoms with Crippen LogP contribution in [0.1, 0.15) is 39.5 Å². The average molecular weight is 215 g/mol. The first-order valence-corrected chi connectivity index (χ1v) is 6.28. The highest BCUT2D eigenvalue weighted by molar-refractivity contribution is 4.74. The SMILES string of the molecule is CCCC(O)CN1CCC(OCC)CC1. The molecule has 3 heteroatoms. The highest BCUT2D eigenvalue weighted by Gasteiger charge is 2.20. The predicted molar refractivity (Wildman–Crippen MR) is 62.0 cm³/mol. The van der Waals surface area contributed by atoms with Crippen LogP contribution in [0.25, 0.3) is 0 Å². The number of hydrogen-bond donors (Lipinski definition) is 1. The van der Waals surface area contributed by atoms with E-state index in [1.165, 1.54) is 0 Å². The van der Waals surface area contributed by atoms with E-state index >= 15 is 0 Å². The lowest BCUT2D eigenvalue weighted by Crippen LogP contribution is -2.41. The van der Waals surface area contributed by atoms with Gasteiger partial charge in [-0.05, 0) is 26.2 Å². The van der Waals surface area contributed by atoms with Gasteiger partial charge in [-0.2, -0.15) is 0 Å². The number of likely N-dealkylation sites (tertiary alicyclic amines) is 1. The Bertz CT molecular complexity index is 156. The second kappa shape index (κ2) is 7.20. The van der Waals surface area contributed by atoms with E-state index < -0.39 is 0 Å². The van der Waals surface area contributed by atoms with Crippen LogP contribution in [0.5, 0.6) is 0 Å². The lowest BCUT2D eigenvalue weighted by molar-refractivity contribution is 0.00267. The molecule has 0 aromatic rings. The van der Waals surface area contributed by atoms with Crippen molar-refractivity contribution in [1.29, 1.82) is 0 Å². The van der Waals surface area contributed by atoms with Crippen LogP contribution >= 0.6 is 0 Å². The molecule has 15 heavy (non-hydrogen) atoms. The second-order valence-corrected chi connectivity index (χ2v) is 4.40. The molecule has 1 heterocycles. The molecule has 0 bridgehead atoms. The minimum absolute atomic E-state index is 0.140. The van der Waals surface area contributed by atoms with Gasteiger partial charge in [-0.15, -0.1) is 0 Å². The lowest BCUT2D eigenvalue weighted by Gasteiger charge is -2.32. The number of ether oxygens (including phenoxy) is 1. The van der Waals surface area contributed by atoms with E-state index in [1.807, 2.05) is 0 Å². The molecule has 0 amide bonds. The molecule has 0 aliphatic carbocycles. The summed E-state index contributed by atoms with van der Waals surface area (Å²) in [6.45, 7) is 7.98. The molecule has 1 saturated heterocycles. The van der Waals surface area contributed by atoms with Gasteiger partial charge in [0.25, 0.3) is 0 Å². The maximum Gasteiger partial charge on any atom is 0.0667 e. The van der Waals surface area contributed by atoms with Crippen LogP contribution in [-0.2, 0) is 4.74 Å². The summed E-state index contributed by atoms with van der Waals surface area (Å²) in [6, 6.07) is 0. The summed E-state index contributed by atoms with van der Waals surface area (Å²) >= 11 is 0. The first-order valence-electron chi connectivity index (χ1n) is 6.28. The van der Waals surface area contributed by atoms with Crippen molar-refractivity contribution in [3.8, 4) is 0 Å². The fourth-order valence-corrected chi connectivity index (χ4v) is 2.22. The maximum absolute atomic E-state index is 9.70. The minimum atomic E-state index is -0.140. The van der Waals surface area contributed by atoms with Gasteiger partial charge in [0.05, 0.1) is 12.2 Å². The molecule has 0 saturated carbocycles. The van der Waals surface area contributed by atoms with Crippen molar-refractivity contribution in [1.82, 2.24) is 4.90 Å². The fraction of sp³-hybridized carbons (Fsp3) is 1.00. The number of β-amino-alcohol motifs (C(OH)–C–C–N with tert-alkyl or cyclic N) is 1. The van der Waals surface area contributed by atoms with Crippen molar-refractivity contribution in [2.24, 2.45) is 0 Å². The van der Waals surface area contributed by atoms with E-state index in [2.05, 4.69) is 18.7 Å². The molecule has 1 aliphatic rings. The molecule has 0 aromatic carbocycles. The third-order valence-corrected chi connectivity index (χ3v) is 3.03. The molecule has 90 valence electrons. The monoisotopic (exact) mass is 215 g/mol. The summed E-state index contributed by atoms with van der Waals surface area (Å²) in [7, 11) is 0. The third kappa shape index (κ3) is 4.96. The standard InChI is InChI=1S/C12H25NO2/c1-3-5-11(14)10-13-8-6-12(7-9-13)15-4-2/h11-12,14H,3-10H2,1-2H3. The van der Waals surface area contributed by atoms with Gasteiger partial charge in [-0.25, -0.2) is 0 Å². The van der Waals surface area contributed by atoms with Gasteiger partial charge in [0.15, 0.2) is 0 Å².